The zero-order valence-electron chi connectivity index (χ0n) is 34.0. The molecule has 4 aromatic rings. The number of alkyl halides is 2. The number of anilines is 1. The monoisotopic (exact) mass is 896 g/mol. The Balaban J connectivity index is 1.00. The van der Waals surface area contributed by atoms with Crippen LogP contribution in [0.4, 0.5) is 14.5 Å². The first kappa shape index (κ1) is 43.3. The summed E-state index contributed by atoms with van der Waals surface area (Å²) >= 11 is 12.8. The van der Waals surface area contributed by atoms with Crippen LogP contribution in [0.1, 0.15) is 68.3 Å². The van der Waals surface area contributed by atoms with Gasteiger partial charge in [-0.1, -0.05) is 54.8 Å². The van der Waals surface area contributed by atoms with Gasteiger partial charge >= 0.3 is 0 Å². The summed E-state index contributed by atoms with van der Waals surface area (Å²) in [5.74, 6) is -1.53. The number of aromatic amines is 1. The van der Waals surface area contributed by atoms with Gasteiger partial charge in [-0.05, 0) is 66.1 Å². The molecule has 0 bridgehead atoms. The molecule has 1 unspecified atom stereocenters. The third kappa shape index (κ3) is 10.1. The molecule has 12 nitrogen and oxygen atoms in total. The summed E-state index contributed by atoms with van der Waals surface area (Å²) in [7, 11) is -4.55. The number of benzene rings is 3. The molecule has 2 fully saturated rings. The molecule has 4 heterocycles. The lowest BCUT2D eigenvalue weighted by Crippen LogP contribution is -2.47. The van der Waals surface area contributed by atoms with E-state index in [9.17, 15) is 17.6 Å². The number of rotatable bonds is 12. The van der Waals surface area contributed by atoms with E-state index in [2.05, 4.69) is 55.7 Å². The van der Waals surface area contributed by atoms with Crippen molar-refractivity contribution in [2.24, 2.45) is 10.4 Å². The number of sulfonamides is 1. The maximum absolute atomic E-state index is 15.3. The van der Waals surface area contributed by atoms with E-state index in [1.807, 2.05) is 12.1 Å². The molecule has 1 aromatic heterocycles. The SMILES string of the molecule is CC1(C)CCC(CN2CCN(c3ccc(C(=O)NS(=O)(=O)C4=CN=CC(Cl)(OCC5(F)CCOCC5)C4)c(Oc4cc(F)cc5[nH]ncc45)c3)CC2)=C(c2ccc(Cl)cc2)C1. The number of aliphatic imine (C=N–C) groups is 1. The fourth-order valence-electron chi connectivity index (χ4n) is 8.25. The smallest absolute Gasteiger partial charge is 0.268 e. The number of nitrogens with one attached hydrogen (secondary N) is 2. The molecule has 3 aliphatic heterocycles. The van der Waals surface area contributed by atoms with Crippen LogP contribution in [0.3, 0.4) is 0 Å². The van der Waals surface area contributed by atoms with Gasteiger partial charge in [-0.2, -0.15) is 5.10 Å². The minimum Gasteiger partial charge on any atom is -0.456 e. The number of carbonyl (C=O) groups excluding carboxylic acids is 1. The van der Waals surface area contributed by atoms with Gasteiger partial charge in [0.05, 0.1) is 40.4 Å². The Labute approximate surface area is 364 Å². The molecule has 61 heavy (non-hydrogen) atoms. The zero-order chi connectivity index (χ0) is 43.0. The largest absolute Gasteiger partial charge is 0.456 e. The number of nitrogens with zero attached hydrogens (tertiary/aromatic N) is 4. The highest BCUT2D eigenvalue weighted by Gasteiger charge is 2.40. The highest BCUT2D eigenvalue weighted by molar-refractivity contribution is 7.93. The minimum absolute atomic E-state index is 0.00122. The maximum atomic E-state index is 15.3. The van der Waals surface area contributed by atoms with Gasteiger partial charge < -0.3 is 19.1 Å². The van der Waals surface area contributed by atoms with Gasteiger partial charge in [0, 0.05) is 94.2 Å². The number of hydrogen-bond acceptors (Lipinski definition) is 10. The average molecular weight is 898 g/mol. The van der Waals surface area contributed by atoms with Crippen LogP contribution in [-0.4, -0.2) is 98.9 Å². The average Bonchev–Trinajstić information content (AvgIpc) is 3.70. The Kier molecular flexibility index (Phi) is 12.4. The molecule has 3 aromatic carbocycles. The molecule has 2 saturated heterocycles. The Hall–Kier alpha value is -4.38. The van der Waals surface area contributed by atoms with Crippen molar-refractivity contribution in [3.8, 4) is 11.5 Å². The topological polar surface area (TPSA) is 138 Å². The number of fused-ring (bicyclic) bond motifs is 1. The van der Waals surface area contributed by atoms with Crippen molar-refractivity contribution in [2.75, 3.05) is 57.4 Å². The Morgan fingerprint density at radius 3 is 2.51 bits per heavy atom. The van der Waals surface area contributed by atoms with Crippen molar-refractivity contribution in [3.63, 3.8) is 0 Å². The van der Waals surface area contributed by atoms with E-state index >= 15 is 4.39 Å². The van der Waals surface area contributed by atoms with Crippen molar-refractivity contribution in [3.05, 3.63) is 99.4 Å². The molecule has 2 N–H and O–H groups in total. The molecule has 0 saturated carbocycles. The molecule has 0 radical (unpaired) electrons. The highest BCUT2D eigenvalue weighted by Crippen LogP contribution is 2.44. The van der Waals surface area contributed by atoms with E-state index in [0.717, 1.165) is 50.8 Å². The fourth-order valence-corrected chi connectivity index (χ4v) is 9.80. The lowest BCUT2D eigenvalue weighted by Gasteiger charge is -2.39. The minimum atomic E-state index is -4.55. The van der Waals surface area contributed by atoms with Gasteiger partial charge in [-0.3, -0.25) is 19.8 Å². The number of amides is 1. The molecule has 0 spiro atoms. The molecule has 1 atom stereocenters. The number of aromatic nitrogens is 2. The molecule has 4 aliphatic rings. The van der Waals surface area contributed by atoms with Crippen molar-refractivity contribution < 1.29 is 36.2 Å². The fraction of sp³-hybridized carbons (Fsp3) is 0.432. The lowest BCUT2D eigenvalue weighted by atomic mass is 9.72. The van der Waals surface area contributed by atoms with Crippen LogP contribution in [-0.2, 0) is 19.5 Å². The second-order valence-electron chi connectivity index (χ2n) is 17.0. The van der Waals surface area contributed by atoms with Crippen molar-refractivity contribution >= 4 is 67.5 Å². The van der Waals surface area contributed by atoms with E-state index in [0.29, 0.717) is 29.0 Å². The second kappa shape index (κ2) is 17.4. The third-order valence-electron chi connectivity index (χ3n) is 11.9. The van der Waals surface area contributed by atoms with Crippen LogP contribution in [0.5, 0.6) is 11.5 Å². The Morgan fingerprint density at radius 1 is 1.00 bits per heavy atom. The number of halogens is 4. The second-order valence-corrected chi connectivity index (χ2v) is 19.8. The molecule has 324 valence electrons. The first-order valence-electron chi connectivity index (χ1n) is 20.3. The summed E-state index contributed by atoms with van der Waals surface area (Å²) in [5.41, 5.74) is 3.55. The third-order valence-corrected chi connectivity index (χ3v) is 13.9. The predicted molar refractivity (Wildman–Crippen MR) is 233 cm³/mol. The molecular formula is C44H48Cl2F2N6O6S. The summed E-state index contributed by atoms with van der Waals surface area (Å²) in [6.45, 7) is 8.47. The van der Waals surface area contributed by atoms with Crippen LogP contribution in [0.15, 0.2) is 82.5 Å². The number of ether oxygens (including phenoxy) is 3. The van der Waals surface area contributed by atoms with Crippen molar-refractivity contribution in [1.82, 2.24) is 19.8 Å². The summed E-state index contributed by atoms with van der Waals surface area (Å²) in [5, 5.41) is 6.14. The summed E-state index contributed by atoms with van der Waals surface area (Å²) in [4.78, 5) is 22.2. The molecule has 8 rings (SSSR count). The van der Waals surface area contributed by atoms with Crippen LogP contribution in [0, 0.1) is 11.2 Å². The molecular weight excluding hydrogens is 849 g/mol. The molecule has 1 aliphatic carbocycles. The van der Waals surface area contributed by atoms with E-state index in [1.165, 1.54) is 47.3 Å². The van der Waals surface area contributed by atoms with Crippen LogP contribution < -0.4 is 14.4 Å². The first-order chi connectivity index (χ1) is 29.1. The quantitative estimate of drug-likeness (QED) is 0.134. The van der Waals surface area contributed by atoms with Crippen LogP contribution in [0.25, 0.3) is 16.5 Å². The number of piperazine rings is 1. The number of carbonyl (C=O) groups is 1. The normalized spacial score (nSPS) is 22.0. The van der Waals surface area contributed by atoms with Crippen molar-refractivity contribution in [2.45, 2.75) is 63.1 Å². The Morgan fingerprint density at radius 2 is 1.75 bits per heavy atom. The predicted octanol–water partition coefficient (Wildman–Crippen LogP) is 8.78. The van der Waals surface area contributed by atoms with Gasteiger partial charge in [0.1, 0.15) is 23.0 Å². The molecule has 1 amide bonds. The van der Waals surface area contributed by atoms with Crippen LogP contribution >= 0.6 is 23.2 Å². The van der Waals surface area contributed by atoms with Gasteiger partial charge in [0.15, 0.2) is 5.06 Å². The van der Waals surface area contributed by atoms with Gasteiger partial charge in [-0.25, -0.2) is 21.9 Å². The molecule has 17 heteroatoms. The van der Waals surface area contributed by atoms with Gasteiger partial charge in [0.2, 0.25) is 0 Å². The summed E-state index contributed by atoms with van der Waals surface area (Å²) in [6, 6.07) is 15.4. The van der Waals surface area contributed by atoms with Gasteiger partial charge in [0.25, 0.3) is 15.9 Å². The lowest BCUT2D eigenvalue weighted by molar-refractivity contribution is -0.0741. The Bertz CT molecular complexity index is 2500. The zero-order valence-corrected chi connectivity index (χ0v) is 36.3. The van der Waals surface area contributed by atoms with E-state index in [-0.39, 0.29) is 60.0 Å². The number of H-pyrrole nitrogens is 1. The van der Waals surface area contributed by atoms with Gasteiger partial charge in [-0.15, -0.1) is 0 Å². The standard InChI is InChI=1S/C44H48Cl2F2N6O6S/c1-42(2)10-9-30(36(23-42)29-3-5-31(45)6-4-29)26-53-13-15-54(16-14-53)33-7-8-35(40(21-33)60-39-20-32(47)19-38-37(39)25-50-51-38)41(55)52-61(56,57)34-22-44(46,27-49-24-34)59-28-43(48)11-17-58-18-12-43/h3-8,19-21,24-25,27H,9-18,22-23,26,28H2,1-2H3,(H,50,51)(H,52,55). The maximum Gasteiger partial charge on any atom is 0.268 e. The van der Waals surface area contributed by atoms with E-state index in [1.54, 1.807) is 12.1 Å². The van der Waals surface area contributed by atoms with E-state index in [4.69, 9.17) is 37.4 Å². The number of allylic oxidation sites excluding steroid dienone is 1. The first-order valence-corrected chi connectivity index (χ1v) is 22.6. The number of hydrogen-bond donors (Lipinski definition) is 2. The summed E-state index contributed by atoms with van der Waals surface area (Å²) < 4.78 is 76.8. The van der Waals surface area contributed by atoms with Crippen molar-refractivity contribution in [1.29, 1.82) is 0 Å². The summed E-state index contributed by atoms with van der Waals surface area (Å²) in [6.07, 6.45) is 6.67. The highest BCUT2D eigenvalue weighted by atomic mass is 35.5. The van der Waals surface area contributed by atoms with E-state index < -0.39 is 38.9 Å². The van der Waals surface area contributed by atoms with Crippen LogP contribution in [0.2, 0.25) is 5.02 Å².